The van der Waals surface area contributed by atoms with Crippen LogP contribution in [0.15, 0.2) is 52.9 Å². The number of Topliss-reactive ketones (excluding diaryl/α,β-unsaturated/α-hetero) is 1. The minimum atomic E-state index is -1.03. The van der Waals surface area contributed by atoms with Crippen LogP contribution in [0.25, 0.3) is 11.1 Å². The van der Waals surface area contributed by atoms with E-state index in [1.165, 1.54) is 12.1 Å². The number of hydrogen-bond donors (Lipinski definition) is 0. The molecule has 3 aromatic rings. The van der Waals surface area contributed by atoms with E-state index in [4.69, 9.17) is 4.42 Å². The number of nitriles is 1. The Bertz CT molecular complexity index is 845. The molecule has 0 fully saturated rings. The van der Waals surface area contributed by atoms with E-state index in [-0.39, 0.29) is 23.9 Å². The molecule has 0 saturated heterocycles. The third-order valence-electron chi connectivity index (χ3n) is 3.58. The van der Waals surface area contributed by atoms with Crippen LogP contribution in [0.3, 0.4) is 0 Å². The molecule has 0 saturated carbocycles. The normalized spacial score (nSPS) is 12.0. The van der Waals surface area contributed by atoms with E-state index in [0.717, 1.165) is 5.56 Å². The first-order valence-corrected chi connectivity index (χ1v) is 7.19. The van der Waals surface area contributed by atoms with Crippen molar-refractivity contribution in [3.63, 3.8) is 0 Å². The molecule has 0 aliphatic heterocycles. The molecule has 0 amide bonds. The lowest BCUT2D eigenvalue weighted by Gasteiger charge is -2.04. The number of carbonyl (C=O) groups is 1. The van der Waals surface area contributed by atoms with Crippen LogP contribution < -0.4 is 0 Å². The second-order valence-electron chi connectivity index (χ2n) is 5.17. The lowest BCUT2D eigenvalue weighted by atomic mass is 9.99. The summed E-state index contributed by atoms with van der Waals surface area (Å²) in [5.41, 5.74) is 2.01. The second-order valence-corrected chi connectivity index (χ2v) is 5.17. The predicted octanol–water partition coefficient (Wildman–Crippen LogP) is 3.78. The Morgan fingerprint density at radius 1 is 1.22 bits per heavy atom. The maximum absolute atomic E-state index is 12.9. The third-order valence-corrected chi connectivity index (χ3v) is 3.58. The first kappa shape index (κ1) is 14.9. The van der Waals surface area contributed by atoms with Crippen molar-refractivity contribution in [2.75, 3.05) is 0 Å². The highest BCUT2D eigenvalue weighted by Crippen LogP contribution is 2.23. The molecule has 23 heavy (non-hydrogen) atoms. The highest BCUT2D eigenvalue weighted by Gasteiger charge is 2.25. The molecule has 1 heterocycles. The van der Waals surface area contributed by atoms with Crippen molar-refractivity contribution in [2.45, 2.75) is 18.8 Å². The standard InChI is InChI=1S/C18H13FN2O2/c19-13-8-5-12(6-9-13)7-10-16(22)14(11-20)18-21-15-3-1-2-4-17(15)23-18/h1-6,8-9,14H,7,10H2. The number of aryl methyl sites for hydroxylation is 1. The minimum Gasteiger partial charge on any atom is -0.439 e. The number of aromatic nitrogens is 1. The van der Waals surface area contributed by atoms with Gasteiger partial charge in [-0.1, -0.05) is 24.3 Å². The van der Waals surface area contributed by atoms with Crippen LogP contribution in [0, 0.1) is 17.1 Å². The Labute approximate surface area is 132 Å². The van der Waals surface area contributed by atoms with Crippen LogP contribution in [-0.2, 0) is 11.2 Å². The number of hydrogen-bond acceptors (Lipinski definition) is 4. The average molecular weight is 308 g/mol. The predicted molar refractivity (Wildman–Crippen MR) is 82.1 cm³/mol. The van der Waals surface area contributed by atoms with Gasteiger partial charge >= 0.3 is 0 Å². The fraction of sp³-hybridized carbons (Fsp3) is 0.167. The van der Waals surface area contributed by atoms with Crippen LogP contribution in [0.5, 0.6) is 0 Å². The van der Waals surface area contributed by atoms with Gasteiger partial charge in [-0.2, -0.15) is 5.26 Å². The van der Waals surface area contributed by atoms with Gasteiger partial charge in [0.15, 0.2) is 17.3 Å². The summed E-state index contributed by atoms with van der Waals surface area (Å²) in [4.78, 5) is 16.5. The van der Waals surface area contributed by atoms with Gasteiger partial charge in [0.05, 0.1) is 6.07 Å². The molecule has 5 heteroatoms. The molecular formula is C18H13FN2O2. The number of benzene rings is 2. The van der Waals surface area contributed by atoms with Crippen molar-refractivity contribution < 1.29 is 13.6 Å². The smallest absolute Gasteiger partial charge is 0.220 e. The van der Waals surface area contributed by atoms with Gasteiger partial charge in [0.25, 0.3) is 0 Å². The molecule has 1 unspecified atom stereocenters. The monoisotopic (exact) mass is 308 g/mol. The van der Waals surface area contributed by atoms with E-state index >= 15 is 0 Å². The summed E-state index contributed by atoms with van der Waals surface area (Å²) >= 11 is 0. The number of fused-ring (bicyclic) bond motifs is 1. The lowest BCUT2D eigenvalue weighted by Crippen LogP contribution is -2.12. The van der Waals surface area contributed by atoms with Gasteiger partial charge in [0.1, 0.15) is 11.3 Å². The fourth-order valence-corrected chi connectivity index (χ4v) is 2.34. The van der Waals surface area contributed by atoms with Gasteiger partial charge in [-0.3, -0.25) is 4.79 Å². The van der Waals surface area contributed by atoms with Gasteiger partial charge in [-0.25, -0.2) is 9.37 Å². The number of oxazole rings is 1. The second kappa shape index (κ2) is 6.41. The molecule has 0 aliphatic carbocycles. The number of ketones is 1. The number of nitrogens with zero attached hydrogens (tertiary/aromatic N) is 2. The first-order valence-electron chi connectivity index (χ1n) is 7.19. The topological polar surface area (TPSA) is 66.9 Å². The first-order chi connectivity index (χ1) is 11.2. The lowest BCUT2D eigenvalue weighted by molar-refractivity contribution is -0.119. The van der Waals surface area contributed by atoms with E-state index in [9.17, 15) is 14.4 Å². The molecule has 4 nitrogen and oxygen atoms in total. The van der Waals surface area contributed by atoms with E-state index < -0.39 is 5.92 Å². The van der Waals surface area contributed by atoms with E-state index in [0.29, 0.717) is 17.5 Å². The molecule has 0 radical (unpaired) electrons. The maximum Gasteiger partial charge on any atom is 0.220 e. The summed E-state index contributed by atoms with van der Waals surface area (Å²) in [6, 6.07) is 15.0. The molecule has 2 aromatic carbocycles. The summed E-state index contributed by atoms with van der Waals surface area (Å²) in [6.45, 7) is 0. The van der Waals surface area contributed by atoms with Crippen molar-refractivity contribution >= 4 is 16.9 Å². The van der Waals surface area contributed by atoms with Crippen LogP contribution in [0.2, 0.25) is 0 Å². The number of halogens is 1. The largest absolute Gasteiger partial charge is 0.439 e. The molecular weight excluding hydrogens is 295 g/mol. The van der Waals surface area contributed by atoms with Crippen LogP contribution >= 0.6 is 0 Å². The molecule has 114 valence electrons. The molecule has 3 rings (SSSR count). The number of para-hydroxylation sites is 2. The summed E-state index contributed by atoms with van der Waals surface area (Å²) in [6.07, 6.45) is 0.611. The molecule has 0 aliphatic rings. The third kappa shape index (κ3) is 3.27. The van der Waals surface area contributed by atoms with Gasteiger partial charge in [0.2, 0.25) is 5.89 Å². The van der Waals surface area contributed by atoms with Gasteiger partial charge in [-0.15, -0.1) is 0 Å². The van der Waals surface area contributed by atoms with Crippen LogP contribution in [0.4, 0.5) is 4.39 Å². The van der Waals surface area contributed by atoms with E-state index in [1.54, 1.807) is 30.3 Å². The zero-order valence-electron chi connectivity index (χ0n) is 12.2. The molecule has 0 N–H and O–H groups in total. The fourth-order valence-electron chi connectivity index (χ4n) is 2.34. The summed E-state index contributed by atoms with van der Waals surface area (Å²) in [7, 11) is 0. The van der Waals surface area contributed by atoms with Crippen molar-refractivity contribution in [3.05, 3.63) is 65.8 Å². The minimum absolute atomic E-state index is 0.123. The Morgan fingerprint density at radius 2 is 1.96 bits per heavy atom. The van der Waals surface area contributed by atoms with Crippen molar-refractivity contribution in [1.29, 1.82) is 5.26 Å². The summed E-state index contributed by atoms with van der Waals surface area (Å²) in [5.74, 6) is -1.48. The van der Waals surface area contributed by atoms with Crippen molar-refractivity contribution in [3.8, 4) is 6.07 Å². The molecule has 0 spiro atoms. The van der Waals surface area contributed by atoms with Crippen molar-refractivity contribution in [2.24, 2.45) is 0 Å². The Balaban J connectivity index is 1.73. The van der Waals surface area contributed by atoms with Crippen LogP contribution in [-0.4, -0.2) is 10.8 Å². The Kier molecular flexibility index (Phi) is 4.15. The zero-order chi connectivity index (χ0) is 16.2. The highest BCUT2D eigenvalue weighted by molar-refractivity contribution is 5.88. The molecule has 1 atom stereocenters. The molecule has 0 bridgehead atoms. The SMILES string of the molecule is N#CC(C(=O)CCc1ccc(F)cc1)c1nc2ccccc2o1. The zero-order valence-corrected chi connectivity index (χ0v) is 12.2. The Morgan fingerprint density at radius 3 is 2.65 bits per heavy atom. The highest BCUT2D eigenvalue weighted by atomic mass is 19.1. The van der Waals surface area contributed by atoms with Gasteiger partial charge in [-0.05, 0) is 36.2 Å². The Hall–Kier alpha value is -3.00. The van der Waals surface area contributed by atoms with E-state index in [2.05, 4.69) is 4.98 Å². The summed E-state index contributed by atoms with van der Waals surface area (Å²) in [5, 5.41) is 9.29. The van der Waals surface area contributed by atoms with Gasteiger partial charge in [0, 0.05) is 6.42 Å². The number of rotatable bonds is 5. The average Bonchev–Trinajstić information content (AvgIpc) is 2.98. The van der Waals surface area contributed by atoms with Crippen LogP contribution in [0.1, 0.15) is 23.8 Å². The maximum atomic E-state index is 12.9. The quantitative estimate of drug-likeness (QED) is 0.719. The molecule has 1 aromatic heterocycles. The number of carbonyl (C=O) groups excluding carboxylic acids is 1. The van der Waals surface area contributed by atoms with Crippen molar-refractivity contribution in [1.82, 2.24) is 4.98 Å². The van der Waals surface area contributed by atoms with E-state index in [1.807, 2.05) is 12.1 Å². The summed E-state index contributed by atoms with van der Waals surface area (Å²) < 4.78 is 18.4. The van der Waals surface area contributed by atoms with Gasteiger partial charge < -0.3 is 4.42 Å².